The van der Waals surface area contributed by atoms with Crippen molar-refractivity contribution in [3.63, 3.8) is 0 Å². The molecule has 4 aromatic carbocycles. The van der Waals surface area contributed by atoms with Gasteiger partial charge in [0.05, 0.1) is 0 Å². The smallest absolute Gasteiger partial charge is 0.115 e. The van der Waals surface area contributed by atoms with Gasteiger partial charge in [0.2, 0.25) is 0 Å². The van der Waals surface area contributed by atoms with Crippen molar-refractivity contribution < 1.29 is 10.2 Å². The first-order valence-corrected chi connectivity index (χ1v) is 9.72. The van der Waals surface area contributed by atoms with Crippen molar-refractivity contribution >= 4 is 10.8 Å². The lowest BCUT2D eigenvalue weighted by Gasteiger charge is -2.36. The molecular weight excluding hydrogens is 344 g/mol. The maximum Gasteiger partial charge on any atom is 0.115 e. The Balaban J connectivity index is 2.02. The fourth-order valence-electron chi connectivity index (χ4n) is 4.25. The van der Waals surface area contributed by atoms with Crippen LogP contribution in [0.3, 0.4) is 0 Å². The standard InChI is InChI=1S/C26H24O2/c1-2-17-26(21-9-13-24(27)14-10-21,22-11-15-25(28)16-12-22)23-8-7-19-5-3-4-6-20(19)18-23/h3-16,18,27-28H,2,17H2,1H3. The Morgan fingerprint density at radius 2 is 1.11 bits per heavy atom. The minimum atomic E-state index is -0.361. The van der Waals surface area contributed by atoms with Gasteiger partial charge in [0.15, 0.2) is 0 Å². The van der Waals surface area contributed by atoms with Gasteiger partial charge in [0, 0.05) is 5.41 Å². The summed E-state index contributed by atoms with van der Waals surface area (Å²) in [6, 6.07) is 30.1. The van der Waals surface area contributed by atoms with Crippen LogP contribution in [0, 0.1) is 0 Å². The Morgan fingerprint density at radius 1 is 0.607 bits per heavy atom. The average Bonchev–Trinajstić information content (AvgIpc) is 2.73. The first-order valence-electron chi connectivity index (χ1n) is 9.72. The number of hydrogen-bond acceptors (Lipinski definition) is 2. The molecule has 0 aliphatic rings. The topological polar surface area (TPSA) is 40.5 Å². The van der Waals surface area contributed by atoms with Crippen molar-refractivity contribution in [2.75, 3.05) is 0 Å². The van der Waals surface area contributed by atoms with Crippen LogP contribution in [-0.2, 0) is 5.41 Å². The van der Waals surface area contributed by atoms with Gasteiger partial charge in [-0.1, -0.05) is 74.0 Å². The molecule has 28 heavy (non-hydrogen) atoms. The minimum Gasteiger partial charge on any atom is -0.508 e. The van der Waals surface area contributed by atoms with E-state index >= 15 is 0 Å². The zero-order chi connectivity index (χ0) is 19.6. The highest BCUT2D eigenvalue weighted by Gasteiger charge is 2.35. The maximum absolute atomic E-state index is 9.84. The third kappa shape index (κ3) is 3.11. The number of aromatic hydroxyl groups is 2. The van der Waals surface area contributed by atoms with Crippen LogP contribution in [0.4, 0.5) is 0 Å². The van der Waals surface area contributed by atoms with Gasteiger partial charge >= 0.3 is 0 Å². The first-order chi connectivity index (χ1) is 13.6. The second-order valence-electron chi connectivity index (χ2n) is 7.31. The zero-order valence-electron chi connectivity index (χ0n) is 16.0. The predicted octanol–water partition coefficient (Wildman–Crippen LogP) is 6.39. The normalized spacial score (nSPS) is 11.6. The molecule has 0 saturated carbocycles. The lowest BCUT2D eigenvalue weighted by molar-refractivity contribution is 0.472. The highest BCUT2D eigenvalue weighted by molar-refractivity contribution is 5.83. The van der Waals surface area contributed by atoms with E-state index in [4.69, 9.17) is 0 Å². The highest BCUT2D eigenvalue weighted by Crippen LogP contribution is 2.44. The number of rotatable bonds is 5. The molecule has 0 aliphatic carbocycles. The van der Waals surface area contributed by atoms with Crippen LogP contribution in [0.2, 0.25) is 0 Å². The van der Waals surface area contributed by atoms with Crippen molar-refractivity contribution in [1.82, 2.24) is 0 Å². The van der Waals surface area contributed by atoms with E-state index in [2.05, 4.69) is 49.4 Å². The van der Waals surface area contributed by atoms with Gasteiger partial charge in [0.1, 0.15) is 11.5 Å². The van der Waals surface area contributed by atoms with Gasteiger partial charge in [-0.2, -0.15) is 0 Å². The van der Waals surface area contributed by atoms with Crippen LogP contribution in [0.1, 0.15) is 36.5 Å². The summed E-state index contributed by atoms with van der Waals surface area (Å²) in [5.74, 6) is 0.525. The molecule has 0 amide bonds. The van der Waals surface area contributed by atoms with Crippen LogP contribution in [0.5, 0.6) is 11.5 Å². The highest BCUT2D eigenvalue weighted by atomic mass is 16.3. The first kappa shape index (κ1) is 18.1. The third-order valence-corrected chi connectivity index (χ3v) is 5.59. The Kier molecular flexibility index (Phi) is 4.79. The van der Waals surface area contributed by atoms with Crippen LogP contribution in [0.25, 0.3) is 10.8 Å². The van der Waals surface area contributed by atoms with Gasteiger partial charge in [0.25, 0.3) is 0 Å². The average molecular weight is 368 g/mol. The monoisotopic (exact) mass is 368 g/mol. The van der Waals surface area contributed by atoms with E-state index in [9.17, 15) is 10.2 Å². The number of fused-ring (bicyclic) bond motifs is 1. The zero-order valence-corrected chi connectivity index (χ0v) is 16.0. The molecule has 0 atom stereocenters. The van der Waals surface area contributed by atoms with E-state index in [0.29, 0.717) is 0 Å². The van der Waals surface area contributed by atoms with Crippen molar-refractivity contribution in [1.29, 1.82) is 0 Å². The van der Waals surface area contributed by atoms with Crippen molar-refractivity contribution in [3.05, 3.63) is 108 Å². The summed E-state index contributed by atoms with van der Waals surface area (Å²) in [6.45, 7) is 2.19. The van der Waals surface area contributed by atoms with Gasteiger partial charge in [-0.05, 0) is 64.2 Å². The summed E-state index contributed by atoms with van der Waals surface area (Å²) in [5.41, 5.74) is 3.12. The molecule has 140 valence electrons. The summed E-state index contributed by atoms with van der Waals surface area (Å²) < 4.78 is 0. The van der Waals surface area contributed by atoms with Crippen LogP contribution >= 0.6 is 0 Å². The number of phenols is 2. The van der Waals surface area contributed by atoms with Crippen LogP contribution in [-0.4, -0.2) is 10.2 Å². The van der Waals surface area contributed by atoms with E-state index < -0.39 is 0 Å². The quantitative estimate of drug-likeness (QED) is 0.401. The Bertz CT molecular complexity index is 1030. The molecule has 4 rings (SSSR count). The fourth-order valence-corrected chi connectivity index (χ4v) is 4.25. The molecule has 0 fully saturated rings. The molecule has 0 aliphatic heterocycles. The lowest BCUT2D eigenvalue weighted by atomic mass is 9.66. The summed E-state index contributed by atoms with van der Waals surface area (Å²) in [6.07, 6.45) is 1.91. The molecule has 2 heteroatoms. The van der Waals surface area contributed by atoms with Crippen molar-refractivity contribution in [3.8, 4) is 11.5 Å². The lowest BCUT2D eigenvalue weighted by Crippen LogP contribution is -2.29. The van der Waals surface area contributed by atoms with Crippen molar-refractivity contribution in [2.24, 2.45) is 0 Å². The molecule has 0 bridgehead atoms. The second kappa shape index (κ2) is 7.40. The molecular formula is C26H24O2. The van der Waals surface area contributed by atoms with Crippen LogP contribution < -0.4 is 0 Å². The molecule has 2 N–H and O–H groups in total. The number of phenolic OH excluding ortho intramolecular Hbond substituents is 2. The van der Waals surface area contributed by atoms with E-state index in [1.54, 1.807) is 24.3 Å². The molecule has 0 radical (unpaired) electrons. The molecule has 0 unspecified atom stereocenters. The molecule has 0 heterocycles. The fraction of sp³-hybridized carbons (Fsp3) is 0.154. The summed E-state index contributed by atoms with van der Waals surface area (Å²) in [5, 5.41) is 22.1. The van der Waals surface area contributed by atoms with E-state index in [1.807, 2.05) is 24.3 Å². The van der Waals surface area contributed by atoms with Gasteiger partial charge in [-0.25, -0.2) is 0 Å². The molecule has 0 aromatic heterocycles. The van der Waals surface area contributed by atoms with Gasteiger partial charge < -0.3 is 10.2 Å². The molecule has 2 nitrogen and oxygen atoms in total. The number of hydrogen-bond donors (Lipinski definition) is 2. The molecule has 4 aromatic rings. The maximum atomic E-state index is 9.84. The SMILES string of the molecule is CCCC(c1ccc(O)cc1)(c1ccc(O)cc1)c1ccc2ccccc2c1. The molecule has 0 saturated heterocycles. The van der Waals surface area contributed by atoms with E-state index in [-0.39, 0.29) is 16.9 Å². The van der Waals surface area contributed by atoms with E-state index in [0.717, 1.165) is 24.0 Å². The van der Waals surface area contributed by atoms with E-state index in [1.165, 1.54) is 16.3 Å². The minimum absolute atomic E-state index is 0.262. The van der Waals surface area contributed by atoms with Crippen LogP contribution in [0.15, 0.2) is 91.0 Å². The summed E-state index contributed by atoms with van der Waals surface area (Å²) in [4.78, 5) is 0. The van der Waals surface area contributed by atoms with Gasteiger partial charge in [-0.3, -0.25) is 0 Å². The Morgan fingerprint density at radius 3 is 1.64 bits per heavy atom. The third-order valence-electron chi connectivity index (χ3n) is 5.59. The Hall–Kier alpha value is -3.26. The van der Waals surface area contributed by atoms with Crippen molar-refractivity contribution in [2.45, 2.75) is 25.2 Å². The summed E-state index contributed by atoms with van der Waals surface area (Å²) >= 11 is 0. The largest absolute Gasteiger partial charge is 0.508 e. The predicted molar refractivity (Wildman–Crippen MR) is 115 cm³/mol. The second-order valence-corrected chi connectivity index (χ2v) is 7.31. The summed E-state index contributed by atoms with van der Waals surface area (Å²) in [7, 11) is 0. The molecule has 0 spiro atoms. The van der Waals surface area contributed by atoms with Gasteiger partial charge in [-0.15, -0.1) is 0 Å². The Labute approximate surface area is 165 Å². The number of benzene rings is 4.